The summed E-state index contributed by atoms with van der Waals surface area (Å²) < 4.78 is 0. The Morgan fingerprint density at radius 2 is 2.45 bits per heavy atom. The summed E-state index contributed by atoms with van der Waals surface area (Å²) in [5, 5.41) is 11.6. The summed E-state index contributed by atoms with van der Waals surface area (Å²) in [5.74, 6) is 0.493. The fourth-order valence-corrected chi connectivity index (χ4v) is 1.67. The monoisotopic (exact) mass is 157 g/mol. The Kier molecular flexibility index (Phi) is 2.88. The SMILES string of the molecule is CC[C@@H]1NC(=O)C[C@@H]1CCO. The zero-order valence-electron chi connectivity index (χ0n) is 6.84. The molecule has 0 saturated carbocycles. The largest absolute Gasteiger partial charge is 0.396 e. The van der Waals surface area contributed by atoms with E-state index in [4.69, 9.17) is 5.11 Å². The van der Waals surface area contributed by atoms with Crippen LogP contribution in [0.3, 0.4) is 0 Å². The van der Waals surface area contributed by atoms with Crippen molar-refractivity contribution in [2.75, 3.05) is 6.61 Å². The standard InChI is InChI=1S/C8H15NO2/c1-2-7-6(3-4-10)5-8(11)9-7/h6-7,10H,2-5H2,1H3,(H,9,11)/t6-,7-/m0/s1. The Hall–Kier alpha value is -0.570. The highest BCUT2D eigenvalue weighted by molar-refractivity contribution is 5.78. The molecule has 2 atom stereocenters. The van der Waals surface area contributed by atoms with Gasteiger partial charge < -0.3 is 10.4 Å². The van der Waals surface area contributed by atoms with Crippen LogP contribution in [0.15, 0.2) is 0 Å². The lowest BCUT2D eigenvalue weighted by molar-refractivity contribution is -0.119. The minimum atomic E-state index is 0.135. The predicted molar refractivity (Wildman–Crippen MR) is 42.0 cm³/mol. The molecule has 1 fully saturated rings. The van der Waals surface area contributed by atoms with Gasteiger partial charge in [-0.2, -0.15) is 0 Å². The highest BCUT2D eigenvalue weighted by Crippen LogP contribution is 2.21. The molecule has 0 aromatic heterocycles. The van der Waals surface area contributed by atoms with Gasteiger partial charge >= 0.3 is 0 Å². The minimum Gasteiger partial charge on any atom is -0.396 e. The van der Waals surface area contributed by atoms with Gasteiger partial charge in [0.2, 0.25) is 5.91 Å². The van der Waals surface area contributed by atoms with Gasteiger partial charge in [0, 0.05) is 19.1 Å². The molecule has 0 aromatic rings. The van der Waals surface area contributed by atoms with Crippen LogP contribution >= 0.6 is 0 Å². The van der Waals surface area contributed by atoms with E-state index in [-0.39, 0.29) is 12.5 Å². The molecule has 0 spiro atoms. The van der Waals surface area contributed by atoms with Crippen molar-refractivity contribution in [2.24, 2.45) is 5.92 Å². The van der Waals surface area contributed by atoms with Crippen molar-refractivity contribution in [3.63, 3.8) is 0 Å². The van der Waals surface area contributed by atoms with Gasteiger partial charge in [-0.05, 0) is 18.8 Å². The Morgan fingerprint density at radius 1 is 1.73 bits per heavy atom. The normalized spacial score (nSPS) is 30.5. The molecule has 3 heteroatoms. The van der Waals surface area contributed by atoms with Crippen molar-refractivity contribution in [3.8, 4) is 0 Å². The van der Waals surface area contributed by atoms with Crippen molar-refractivity contribution >= 4 is 5.91 Å². The second-order valence-electron chi connectivity index (χ2n) is 3.06. The van der Waals surface area contributed by atoms with Gasteiger partial charge in [-0.1, -0.05) is 6.92 Å². The van der Waals surface area contributed by atoms with E-state index in [9.17, 15) is 4.79 Å². The molecule has 0 aliphatic carbocycles. The molecule has 1 saturated heterocycles. The molecule has 1 amide bonds. The number of amides is 1. The summed E-state index contributed by atoms with van der Waals surface area (Å²) in [6.07, 6.45) is 2.31. The van der Waals surface area contributed by atoms with E-state index in [2.05, 4.69) is 12.2 Å². The highest BCUT2D eigenvalue weighted by Gasteiger charge is 2.29. The first-order valence-corrected chi connectivity index (χ1v) is 4.18. The lowest BCUT2D eigenvalue weighted by Gasteiger charge is -2.14. The third-order valence-electron chi connectivity index (χ3n) is 2.30. The maximum absolute atomic E-state index is 10.9. The van der Waals surface area contributed by atoms with Gasteiger partial charge in [0.05, 0.1) is 0 Å². The van der Waals surface area contributed by atoms with E-state index in [0.717, 1.165) is 12.8 Å². The summed E-state index contributed by atoms with van der Waals surface area (Å²) in [6.45, 7) is 2.25. The number of aliphatic hydroxyl groups excluding tert-OH is 1. The molecular formula is C8H15NO2. The lowest BCUT2D eigenvalue weighted by Crippen LogP contribution is -2.28. The average molecular weight is 157 g/mol. The fourth-order valence-electron chi connectivity index (χ4n) is 1.67. The van der Waals surface area contributed by atoms with E-state index in [1.165, 1.54) is 0 Å². The molecule has 1 aliphatic heterocycles. The topological polar surface area (TPSA) is 49.3 Å². The molecular weight excluding hydrogens is 142 g/mol. The molecule has 3 nitrogen and oxygen atoms in total. The van der Waals surface area contributed by atoms with Crippen molar-refractivity contribution in [1.82, 2.24) is 5.32 Å². The Morgan fingerprint density at radius 3 is 3.00 bits per heavy atom. The average Bonchev–Trinajstić information content (AvgIpc) is 2.32. The van der Waals surface area contributed by atoms with Crippen LogP contribution in [0.5, 0.6) is 0 Å². The van der Waals surface area contributed by atoms with E-state index < -0.39 is 0 Å². The van der Waals surface area contributed by atoms with Gasteiger partial charge in [-0.3, -0.25) is 4.79 Å². The number of rotatable bonds is 3. The third-order valence-corrected chi connectivity index (χ3v) is 2.30. The summed E-state index contributed by atoms with van der Waals surface area (Å²) in [6, 6.07) is 0.301. The van der Waals surface area contributed by atoms with Crippen LogP contribution in [0.25, 0.3) is 0 Å². The van der Waals surface area contributed by atoms with E-state index in [0.29, 0.717) is 18.4 Å². The van der Waals surface area contributed by atoms with Gasteiger partial charge in [0.1, 0.15) is 0 Å². The number of carbonyl (C=O) groups is 1. The molecule has 0 unspecified atom stereocenters. The van der Waals surface area contributed by atoms with Crippen molar-refractivity contribution in [1.29, 1.82) is 0 Å². The smallest absolute Gasteiger partial charge is 0.220 e. The second-order valence-corrected chi connectivity index (χ2v) is 3.06. The predicted octanol–water partition coefficient (Wildman–Crippen LogP) is 0.283. The molecule has 0 radical (unpaired) electrons. The van der Waals surface area contributed by atoms with Crippen LogP contribution in [-0.2, 0) is 4.79 Å². The fraction of sp³-hybridized carbons (Fsp3) is 0.875. The first-order valence-electron chi connectivity index (χ1n) is 4.18. The van der Waals surface area contributed by atoms with Gasteiger partial charge in [-0.15, -0.1) is 0 Å². The van der Waals surface area contributed by atoms with Gasteiger partial charge in [0.25, 0.3) is 0 Å². The van der Waals surface area contributed by atoms with E-state index >= 15 is 0 Å². The molecule has 11 heavy (non-hydrogen) atoms. The second kappa shape index (κ2) is 3.72. The number of nitrogens with one attached hydrogen (secondary N) is 1. The van der Waals surface area contributed by atoms with E-state index in [1.807, 2.05) is 0 Å². The highest BCUT2D eigenvalue weighted by atomic mass is 16.3. The van der Waals surface area contributed by atoms with Gasteiger partial charge in [-0.25, -0.2) is 0 Å². The van der Waals surface area contributed by atoms with Crippen molar-refractivity contribution in [3.05, 3.63) is 0 Å². The third kappa shape index (κ3) is 1.93. The lowest BCUT2D eigenvalue weighted by atomic mass is 9.96. The molecule has 64 valence electrons. The number of hydrogen-bond donors (Lipinski definition) is 2. The van der Waals surface area contributed by atoms with Crippen LogP contribution in [0.4, 0.5) is 0 Å². The van der Waals surface area contributed by atoms with Gasteiger partial charge in [0.15, 0.2) is 0 Å². The number of hydrogen-bond acceptors (Lipinski definition) is 2. The van der Waals surface area contributed by atoms with Crippen molar-refractivity contribution < 1.29 is 9.90 Å². The zero-order valence-corrected chi connectivity index (χ0v) is 6.84. The Balaban J connectivity index is 2.43. The van der Waals surface area contributed by atoms with Crippen LogP contribution in [0.2, 0.25) is 0 Å². The van der Waals surface area contributed by atoms with Crippen LogP contribution in [0.1, 0.15) is 26.2 Å². The van der Waals surface area contributed by atoms with Crippen LogP contribution in [-0.4, -0.2) is 23.7 Å². The summed E-state index contributed by atoms with van der Waals surface area (Å²) >= 11 is 0. The van der Waals surface area contributed by atoms with Crippen LogP contribution in [0, 0.1) is 5.92 Å². The Labute approximate surface area is 66.8 Å². The molecule has 1 aliphatic rings. The zero-order chi connectivity index (χ0) is 8.27. The first-order chi connectivity index (χ1) is 5.27. The van der Waals surface area contributed by atoms with Crippen molar-refractivity contribution in [2.45, 2.75) is 32.2 Å². The first kappa shape index (κ1) is 8.53. The maximum Gasteiger partial charge on any atom is 0.220 e. The minimum absolute atomic E-state index is 0.135. The summed E-state index contributed by atoms with van der Waals surface area (Å²) in [7, 11) is 0. The van der Waals surface area contributed by atoms with Crippen LogP contribution < -0.4 is 5.32 Å². The summed E-state index contributed by atoms with van der Waals surface area (Å²) in [5.41, 5.74) is 0. The molecule has 2 N–H and O–H groups in total. The maximum atomic E-state index is 10.9. The molecule has 0 aromatic carbocycles. The number of carbonyl (C=O) groups excluding carboxylic acids is 1. The van der Waals surface area contributed by atoms with E-state index in [1.54, 1.807) is 0 Å². The molecule has 1 rings (SSSR count). The molecule has 0 bridgehead atoms. The quantitative estimate of drug-likeness (QED) is 0.618. The Bertz CT molecular complexity index is 147. The number of aliphatic hydroxyl groups is 1. The molecule has 1 heterocycles. The summed E-state index contributed by atoms with van der Waals surface area (Å²) in [4.78, 5) is 10.9.